The minimum absolute atomic E-state index is 0.0374. The fraction of sp³-hybridized carbons (Fsp3) is 0.143. The molecule has 0 atom stereocenters. The zero-order valence-corrected chi connectivity index (χ0v) is 13.1. The van der Waals surface area contributed by atoms with Crippen molar-refractivity contribution in [1.29, 1.82) is 0 Å². The molecule has 2 aromatic rings. The van der Waals surface area contributed by atoms with E-state index in [1.165, 1.54) is 11.1 Å². The van der Waals surface area contributed by atoms with Gasteiger partial charge in [-0.05, 0) is 12.1 Å². The Hall–Kier alpha value is -2.12. The number of halogens is 1. The summed E-state index contributed by atoms with van der Waals surface area (Å²) in [5.74, 6) is -1.29. The maximum absolute atomic E-state index is 12.1. The van der Waals surface area contributed by atoms with Crippen LogP contribution < -0.4 is 4.90 Å². The molecule has 1 aromatic heterocycles. The Kier molecular flexibility index (Phi) is 5.35. The third-order valence-electron chi connectivity index (χ3n) is 2.77. The van der Waals surface area contributed by atoms with E-state index in [1.807, 2.05) is 30.3 Å². The van der Waals surface area contributed by atoms with Crippen molar-refractivity contribution >= 4 is 40.9 Å². The van der Waals surface area contributed by atoms with E-state index in [0.29, 0.717) is 0 Å². The van der Waals surface area contributed by atoms with Crippen LogP contribution in [-0.4, -0.2) is 39.8 Å². The molecule has 6 nitrogen and oxygen atoms in total. The summed E-state index contributed by atoms with van der Waals surface area (Å²) < 4.78 is 0. The molecule has 114 valence electrons. The molecular formula is C14H12ClN3O3S. The number of aromatic nitrogens is 2. The number of benzene rings is 1. The number of hydrogen-bond acceptors (Lipinski definition) is 5. The Morgan fingerprint density at radius 2 is 2.00 bits per heavy atom. The minimum atomic E-state index is -1.23. The second-order valence-electron chi connectivity index (χ2n) is 4.23. The van der Waals surface area contributed by atoms with Crippen LogP contribution in [0.1, 0.15) is 10.5 Å². The molecule has 1 heterocycles. The summed E-state index contributed by atoms with van der Waals surface area (Å²) in [7, 11) is 1.67. The van der Waals surface area contributed by atoms with Gasteiger partial charge in [-0.1, -0.05) is 41.6 Å². The van der Waals surface area contributed by atoms with E-state index in [0.717, 1.165) is 17.4 Å². The lowest BCUT2D eigenvalue weighted by molar-refractivity contribution is -0.115. The Morgan fingerprint density at radius 3 is 2.64 bits per heavy atom. The van der Waals surface area contributed by atoms with Crippen molar-refractivity contribution in [3.05, 3.63) is 47.2 Å². The minimum Gasteiger partial charge on any atom is -0.476 e. The number of nitrogens with zero attached hydrogens (tertiary/aromatic N) is 3. The highest BCUT2D eigenvalue weighted by Gasteiger charge is 2.15. The smallest absolute Gasteiger partial charge is 0.356 e. The molecule has 0 saturated heterocycles. The van der Waals surface area contributed by atoms with Crippen LogP contribution in [0.5, 0.6) is 0 Å². The first-order valence-corrected chi connectivity index (χ1v) is 7.55. The van der Waals surface area contributed by atoms with Crippen LogP contribution in [0.25, 0.3) is 0 Å². The lowest BCUT2D eigenvalue weighted by Crippen LogP contribution is -2.27. The van der Waals surface area contributed by atoms with Crippen LogP contribution in [-0.2, 0) is 4.79 Å². The number of amides is 1. The predicted octanol–water partition coefficient (Wildman–Crippen LogP) is 2.58. The number of carbonyl (C=O) groups is 2. The first-order valence-electron chi connectivity index (χ1n) is 6.19. The van der Waals surface area contributed by atoms with Gasteiger partial charge < -0.3 is 10.0 Å². The Labute approximate surface area is 136 Å². The fourth-order valence-electron chi connectivity index (χ4n) is 1.59. The van der Waals surface area contributed by atoms with Crippen LogP contribution in [0.3, 0.4) is 0 Å². The molecule has 0 aliphatic carbocycles. The zero-order chi connectivity index (χ0) is 16.1. The van der Waals surface area contributed by atoms with Gasteiger partial charge in [0.2, 0.25) is 5.91 Å². The number of anilines is 1. The van der Waals surface area contributed by atoms with E-state index in [1.54, 1.807) is 7.05 Å². The molecule has 1 N–H and O–H groups in total. The molecule has 0 unspecified atom stereocenters. The molecule has 2 rings (SSSR count). The highest BCUT2D eigenvalue weighted by Crippen LogP contribution is 2.20. The Bertz CT molecular complexity index is 697. The maximum atomic E-state index is 12.1. The average molecular weight is 338 g/mol. The number of aromatic carboxylic acids is 1. The standard InChI is InChI=1S/C14H12ClN3O3S/c1-18(9-5-3-2-4-6-9)11(19)8-22-14-16-7-10(15)12(17-14)13(20)21/h2-7H,8H2,1H3,(H,20,21). The van der Waals surface area contributed by atoms with Gasteiger partial charge in [-0.2, -0.15) is 0 Å². The fourth-order valence-corrected chi connectivity index (χ4v) is 2.49. The molecule has 1 amide bonds. The summed E-state index contributed by atoms with van der Waals surface area (Å²) in [4.78, 5) is 32.3. The highest BCUT2D eigenvalue weighted by atomic mass is 35.5. The number of hydrogen-bond donors (Lipinski definition) is 1. The van der Waals surface area contributed by atoms with Crippen LogP contribution in [0.2, 0.25) is 5.02 Å². The zero-order valence-electron chi connectivity index (χ0n) is 11.6. The summed E-state index contributed by atoms with van der Waals surface area (Å²) in [6.07, 6.45) is 1.21. The lowest BCUT2D eigenvalue weighted by atomic mass is 10.3. The second-order valence-corrected chi connectivity index (χ2v) is 5.58. The van der Waals surface area contributed by atoms with E-state index in [4.69, 9.17) is 16.7 Å². The van der Waals surface area contributed by atoms with Gasteiger partial charge in [-0.15, -0.1) is 0 Å². The number of carbonyl (C=O) groups excluding carboxylic acids is 1. The molecular weight excluding hydrogens is 326 g/mol. The van der Waals surface area contributed by atoms with Gasteiger partial charge in [0.15, 0.2) is 10.9 Å². The first-order chi connectivity index (χ1) is 10.5. The van der Waals surface area contributed by atoms with E-state index in [-0.39, 0.29) is 27.5 Å². The van der Waals surface area contributed by atoms with Crippen LogP contribution in [0, 0.1) is 0 Å². The lowest BCUT2D eigenvalue weighted by Gasteiger charge is -2.16. The van der Waals surface area contributed by atoms with Crippen LogP contribution in [0.4, 0.5) is 5.69 Å². The van der Waals surface area contributed by atoms with Gasteiger partial charge >= 0.3 is 5.97 Å². The summed E-state index contributed by atoms with van der Waals surface area (Å²) in [6, 6.07) is 9.20. The molecule has 0 aliphatic rings. The van der Waals surface area contributed by atoms with Crippen molar-refractivity contribution < 1.29 is 14.7 Å². The van der Waals surface area contributed by atoms with Crippen molar-refractivity contribution in [1.82, 2.24) is 9.97 Å². The molecule has 22 heavy (non-hydrogen) atoms. The van der Waals surface area contributed by atoms with E-state index < -0.39 is 5.97 Å². The largest absolute Gasteiger partial charge is 0.476 e. The third-order valence-corrected chi connectivity index (χ3v) is 3.89. The molecule has 0 radical (unpaired) electrons. The van der Waals surface area contributed by atoms with Crippen molar-refractivity contribution in [2.45, 2.75) is 5.16 Å². The monoisotopic (exact) mass is 337 g/mol. The van der Waals surface area contributed by atoms with Crippen molar-refractivity contribution in [3.63, 3.8) is 0 Å². The summed E-state index contributed by atoms with van der Waals surface area (Å²) in [5, 5.41) is 9.10. The van der Waals surface area contributed by atoms with Gasteiger partial charge in [0.05, 0.1) is 17.0 Å². The number of para-hydroxylation sites is 1. The molecule has 0 spiro atoms. The highest BCUT2D eigenvalue weighted by molar-refractivity contribution is 7.99. The molecule has 1 aromatic carbocycles. The topological polar surface area (TPSA) is 83.4 Å². The number of thioether (sulfide) groups is 1. The SMILES string of the molecule is CN(C(=O)CSc1ncc(Cl)c(C(=O)O)n1)c1ccccc1. The van der Waals surface area contributed by atoms with Crippen LogP contribution >= 0.6 is 23.4 Å². The van der Waals surface area contributed by atoms with E-state index in [2.05, 4.69) is 9.97 Å². The van der Waals surface area contributed by atoms with Crippen molar-refractivity contribution in [2.24, 2.45) is 0 Å². The first kappa shape index (κ1) is 16.3. The number of rotatable bonds is 5. The molecule has 0 bridgehead atoms. The molecule has 0 saturated carbocycles. The molecule has 0 aliphatic heterocycles. The predicted molar refractivity (Wildman–Crippen MR) is 84.6 cm³/mol. The Balaban J connectivity index is 2.02. The third kappa shape index (κ3) is 3.96. The van der Waals surface area contributed by atoms with Gasteiger partial charge in [0.1, 0.15) is 0 Å². The summed E-state index contributed by atoms with van der Waals surface area (Å²) in [6.45, 7) is 0. The quantitative estimate of drug-likeness (QED) is 0.667. The maximum Gasteiger partial charge on any atom is 0.356 e. The average Bonchev–Trinajstić information content (AvgIpc) is 2.53. The van der Waals surface area contributed by atoms with Crippen molar-refractivity contribution in [3.8, 4) is 0 Å². The number of carboxylic acids is 1. The number of carboxylic acid groups (broad SMARTS) is 1. The summed E-state index contributed by atoms with van der Waals surface area (Å²) >= 11 is 6.75. The van der Waals surface area contributed by atoms with Gasteiger partial charge in [0.25, 0.3) is 0 Å². The molecule has 0 fully saturated rings. The normalized spacial score (nSPS) is 10.3. The van der Waals surface area contributed by atoms with Gasteiger partial charge in [-0.25, -0.2) is 14.8 Å². The molecule has 8 heteroatoms. The van der Waals surface area contributed by atoms with Crippen molar-refractivity contribution in [2.75, 3.05) is 17.7 Å². The second kappa shape index (κ2) is 7.24. The van der Waals surface area contributed by atoms with E-state index in [9.17, 15) is 9.59 Å². The summed E-state index contributed by atoms with van der Waals surface area (Å²) in [5.41, 5.74) is 0.499. The van der Waals surface area contributed by atoms with E-state index >= 15 is 0 Å². The Morgan fingerprint density at radius 1 is 1.32 bits per heavy atom. The van der Waals surface area contributed by atoms with Gasteiger partial charge in [0, 0.05) is 12.7 Å². The van der Waals surface area contributed by atoms with Crippen LogP contribution in [0.15, 0.2) is 41.7 Å². The van der Waals surface area contributed by atoms with Gasteiger partial charge in [-0.3, -0.25) is 4.79 Å².